The molecule has 0 atom stereocenters. The lowest BCUT2D eigenvalue weighted by Crippen LogP contribution is -2.48. The Labute approximate surface area is 154 Å². The zero-order chi connectivity index (χ0) is 18.5. The topological polar surface area (TPSA) is 79.5 Å². The molecule has 0 saturated heterocycles. The first-order valence-corrected chi connectivity index (χ1v) is 9.10. The Morgan fingerprint density at radius 3 is 2.36 bits per heavy atom. The van der Waals surface area contributed by atoms with Crippen LogP contribution in [0.2, 0.25) is 0 Å². The maximum atomic E-state index is 12.1. The van der Waals surface area contributed by atoms with Gasteiger partial charge in [-0.2, -0.15) is 0 Å². The molecular weight excluding hydrogens is 338 g/mol. The Morgan fingerprint density at radius 1 is 1.00 bits per heavy atom. The van der Waals surface area contributed by atoms with Gasteiger partial charge in [0.15, 0.2) is 5.11 Å². The smallest absolute Gasteiger partial charge is 0.257 e. The number of unbranched alkanes of at least 4 members (excludes halogenated alkanes) is 3. The van der Waals surface area contributed by atoms with Crippen LogP contribution >= 0.6 is 12.2 Å². The molecule has 0 bridgehead atoms. The Morgan fingerprint density at radius 2 is 1.72 bits per heavy atom. The van der Waals surface area contributed by atoms with Crippen LogP contribution in [0.3, 0.4) is 0 Å². The first-order valence-electron chi connectivity index (χ1n) is 8.69. The third-order valence-electron chi connectivity index (χ3n) is 3.40. The quantitative estimate of drug-likeness (QED) is 0.356. The van der Waals surface area contributed by atoms with Crippen molar-refractivity contribution in [1.82, 2.24) is 16.2 Å². The van der Waals surface area contributed by atoms with E-state index in [0.717, 1.165) is 25.0 Å². The summed E-state index contributed by atoms with van der Waals surface area (Å²) >= 11 is 4.97. The van der Waals surface area contributed by atoms with Crippen LogP contribution in [-0.2, 0) is 4.79 Å². The van der Waals surface area contributed by atoms with E-state index >= 15 is 0 Å². The van der Waals surface area contributed by atoms with Gasteiger partial charge in [0.25, 0.3) is 5.91 Å². The maximum absolute atomic E-state index is 12.1. The highest BCUT2D eigenvalue weighted by Crippen LogP contribution is 2.13. The summed E-state index contributed by atoms with van der Waals surface area (Å²) in [6.07, 6.45) is 5.73. The molecule has 0 heterocycles. The van der Waals surface area contributed by atoms with E-state index in [-0.39, 0.29) is 16.9 Å². The van der Waals surface area contributed by atoms with Crippen LogP contribution in [0, 0.1) is 0 Å². The predicted molar refractivity (Wildman–Crippen MR) is 102 cm³/mol. The molecule has 7 heteroatoms. The number of rotatable bonds is 9. The first kappa shape index (κ1) is 20.9. The van der Waals surface area contributed by atoms with Gasteiger partial charge in [0.1, 0.15) is 5.75 Å². The molecule has 0 aliphatic carbocycles. The van der Waals surface area contributed by atoms with Crippen LogP contribution < -0.4 is 20.9 Å². The minimum Gasteiger partial charge on any atom is -0.494 e. The van der Waals surface area contributed by atoms with Crippen molar-refractivity contribution in [2.45, 2.75) is 52.4 Å². The van der Waals surface area contributed by atoms with E-state index in [1.807, 2.05) is 6.92 Å². The van der Waals surface area contributed by atoms with Crippen LogP contribution in [0.1, 0.15) is 62.7 Å². The van der Waals surface area contributed by atoms with Crippen molar-refractivity contribution in [3.8, 4) is 5.75 Å². The van der Waals surface area contributed by atoms with Crippen molar-refractivity contribution in [1.29, 1.82) is 0 Å². The second-order valence-electron chi connectivity index (χ2n) is 5.64. The van der Waals surface area contributed by atoms with E-state index in [4.69, 9.17) is 17.0 Å². The van der Waals surface area contributed by atoms with Crippen molar-refractivity contribution in [3.63, 3.8) is 0 Å². The lowest BCUT2D eigenvalue weighted by atomic mass is 10.2. The summed E-state index contributed by atoms with van der Waals surface area (Å²) < 4.78 is 5.64. The highest BCUT2D eigenvalue weighted by Gasteiger charge is 2.08. The van der Waals surface area contributed by atoms with Crippen molar-refractivity contribution in [2.24, 2.45) is 0 Å². The zero-order valence-electron chi connectivity index (χ0n) is 14.9. The van der Waals surface area contributed by atoms with Gasteiger partial charge < -0.3 is 4.74 Å². The normalized spacial score (nSPS) is 10.0. The summed E-state index contributed by atoms with van der Waals surface area (Å²) in [7, 11) is 0. The molecule has 0 aliphatic heterocycles. The van der Waals surface area contributed by atoms with E-state index in [2.05, 4.69) is 23.1 Å². The molecule has 0 saturated carbocycles. The van der Waals surface area contributed by atoms with Gasteiger partial charge in [-0.25, -0.2) is 0 Å². The summed E-state index contributed by atoms with van der Waals surface area (Å²) in [5, 5.41) is 2.55. The van der Waals surface area contributed by atoms with Crippen LogP contribution in [0.4, 0.5) is 0 Å². The number of ether oxygens (including phenoxy) is 1. The lowest BCUT2D eigenvalue weighted by Gasteiger charge is -2.11. The Bertz CT molecular complexity index is 561. The number of thiocarbonyl (C=S) groups is 1. The summed E-state index contributed by atoms with van der Waals surface area (Å²) in [4.78, 5) is 23.4. The van der Waals surface area contributed by atoms with Crippen LogP contribution in [0.15, 0.2) is 24.3 Å². The third-order valence-corrected chi connectivity index (χ3v) is 3.61. The number of hydrogen-bond acceptors (Lipinski definition) is 4. The van der Waals surface area contributed by atoms with Gasteiger partial charge in [0, 0.05) is 12.0 Å². The average molecular weight is 365 g/mol. The fourth-order valence-corrected chi connectivity index (χ4v) is 2.19. The molecule has 0 unspecified atom stereocenters. The van der Waals surface area contributed by atoms with Gasteiger partial charge >= 0.3 is 0 Å². The van der Waals surface area contributed by atoms with E-state index in [9.17, 15) is 9.59 Å². The summed E-state index contributed by atoms with van der Waals surface area (Å²) in [6.45, 7) is 4.75. The van der Waals surface area contributed by atoms with Gasteiger partial charge in [0.05, 0.1) is 6.61 Å². The van der Waals surface area contributed by atoms with Gasteiger partial charge in [-0.15, -0.1) is 0 Å². The van der Waals surface area contributed by atoms with Crippen LogP contribution in [0.25, 0.3) is 0 Å². The number of hydrogen-bond donors (Lipinski definition) is 3. The first-order chi connectivity index (χ1) is 12.1. The van der Waals surface area contributed by atoms with Crippen molar-refractivity contribution in [3.05, 3.63) is 29.8 Å². The molecule has 2 amide bonds. The van der Waals surface area contributed by atoms with Crippen LogP contribution in [0.5, 0.6) is 5.75 Å². The second kappa shape index (κ2) is 12.2. The standard InChI is InChI=1S/C18H27N3O3S/c1-3-5-6-7-13-24-15-11-9-14(10-12-15)17(23)19-18(25)21-20-16(22)8-4-2/h9-12H,3-8,13H2,1-2H3,(H,20,22)(H2,19,21,23,25). The maximum Gasteiger partial charge on any atom is 0.257 e. The van der Waals surface area contributed by atoms with E-state index < -0.39 is 0 Å². The minimum atomic E-state index is -0.350. The number of amides is 2. The van der Waals surface area contributed by atoms with E-state index in [1.54, 1.807) is 24.3 Å². The number of carbonyl (C=O) groups is 2. The summed E-state index contributed by atoms with van der Waals surface area (Å²) in [5.41, 5.74) is 5.38. The van der Waals surface area contributed by atoms with Crippen molar-refractivity contribution < 1.29 is 14.3 Å². The molecule has 0 fully saturated rings. The molecule has 0 aromatic heterocycles. The summed E-state index contributed by atoms with van der Waals surface area (Å²) in [5.74, 6) is 0.205. The van der Waals surface area contributed by atoms with Gasteiger partial charge in [-0.05, 0) is 49.3 Å². The molecule has 0 spiro atoms. The highest BCUT2D eigenvalue weighted by molar-refractivity contribution is 7.80. The zero-order valence-corrected chi connectivity index (χ0v) is 15.7. The van der Waals surface area contributed by atoms with Crippen molar-refractivity contribution >= 4 is 29.1 Å². The molecule has 1 aromatic rings. The molecule has 0 radical (unpaired) electrons. The predicted octanol–water partition coefficient (Wildman–Crippen LogP) is 3.08. The Hall–Kier alpha value is -2.15. The largest absolute Gasteiger partial charge is 0.494 e. The average Bonchev–Trinajstić information content (AvgIpc) is 2.60. The van der Waals surface area contributed by atoms with E-state index in [1.165, 1.54) is 12.8 Å². The number of carbonyl (C=O) groups excluding carboxylic acids is 2. The van der Waals surface area contributed by atoms with Gasteiger partial charge in [-0.1, -0.05) is 33.1 Å². The molecule has 3 N–H and O–H groups in total. The molecule has 6 nitrogen and oxygen atoms in total. The fourth-order valence-electron chi connectivity index (χ4n) is 2.04. The lowest BCUT2D eigenvalue weighted by molar-refractivity contribution is -0.121. The summed E-state index contributed by atoms with van der Waals surface area (Å²) in [6, 6.07) is 6.87. The SMILES string of the molecule is CCCCCCOc1ccc(C(=O)NC(=S)NNC(=O)CCC)cc1. The Balaban J connectivity index is 2.35. The molecule has 138 valence electrons. The van der Waals surface area contributed by atoms with Gasteiger partial charge in [-0.3, -0.25) is 25.8 Å². The number of benzene rings is 1. The van der Waals surface area contributed by atoms with Crippen molar-refractivity contribution in [2.75, 3.05) is 6.61 Å². The molecule has 0 aliphatic rings. The molecule has 1 aromatic carbocycles. The Kier molecular flexibility index (Phi) is 10.2. The second-order valence-corrected chi connectivity index (χ2v) is 6.05. The fraction of sp³-hybridized carbons (Fsp3) is 0.500. The number of nitrogens with one attached hydrogen (secondary N) is 3. The minimum absolute atomic E-state index is 0.0469. The highest BCUT2D eigenvalue weighted by atomic mass is 32.1. The van der Waals surface area contributed by atoms with Crippen LogP contribution in [-0.4, -0.2) is 23.5 Å². The van der Waals surface area contributed by atoms with Gasteiger partial charge in [0.2, 0.25) is 5.91 Å². The molecule has 25 heavy (non-hydrogen) atoms. The molecular formula is C18H27N3O3S. The monoisotopic (exact) mass is 365 g/mol. The molecule has 1 rings (SSSR count). The number of hydrazine groups is 1. The van der Waals surface area contributed by atoms with E-state index in [0.29, 0.717) is 18.6 Å². The third kappa shape index (κ3) is 9.05.